The standard InChI is InChI=1S/C33H32N2O3/c36-26-13-12-22-16-27-33(37)17-24-23-8-4-5-9-25(23)35(19-20-6-2-1-3-7-20)29(24)31-32(33,28(22)30(26)38-31)14-15-34(27)18-21-10-11-21/h1-9,12-13,21,27,31,36-37H,10-11,14-19H2/t27?,31-,32-,33+/m0/s1. The predicted molar refractivity (Wildman–Crippen MR) is 146 cm³/mol. The summed E-state index contributed by atoms with van der Waals surface area (Å²) in [6.45, 7) is 2.79. The van der Waals surface area contributed by atoms with Crippen LogP contribution in [0.5, 0.6) is 11.5 Å². The second-order valence-electron chi connectivity index (χ2n) is 12.4. The molecule has 2 aliphatic heterocycles. The molecule has 5 nitrogen and oxygen atoms in total. The van der Waals surface area contributed by atoms with Crippen LogP contribution in [0.3, 0.4) is 0 Å². The summed E-state index contributed by atoms with van der Waals surface area (Å²) >= 11 is 0. The van der Waals surface area contributed by atoms with Gasteiger partial charge in [0.15, 0.2) is 17.6 Å². The van der Waals surface area contributed by atoms with Gasteiger partial charge in [-0.05, 0) is 67.0 Å². The number of phenolic OH excluding ortho intramolecular Hbond substituents is 1. The molecule has 9 rings (SSSR count). The number of benzene rings is 3. The monoisotopic (exact) mass is 504 g/mol. The van der Waals surface area contributed by atoms with E-state index in [0.717, 1.165) is 44.0 Å². The largest absolute Gasteiger partial charge is 0.504 e. The summed E-state index contributed by atoms with van der Waals surface area (Å²) in [7, 11) is 0. The second kappa shape index (κ2) is 7.22. The molecule has 2 bridgehead atoms. The molecule has 0 amide bonds. The predicted octanol–water partition coefficient (Wildman–Crippen LogP) is 5.09. The van der Waals surface area contributed by atoms with Crippen molar-refractivity contribution in [1.82, 2.24) is 9.47 Å². The molecule has 3 aliphatic carbocycles. The Labute approximate surface area is 222 Å². The molecule has 192 valence electrons. The van der Waals surface area contributed by atoms with Gasteiger partial charge in [-0.3, -0.25) is 4.90 Å². The molecule has 1 saturated carbocycles. The average molecular weight is 505 g/mol. The highest BCUT2D eigenvalue weighted by Crippen LogP contribution is 2.69. The first kappa shape index (κ1) is 21.6. The number of aliphatic hydroxyl groups is 1. The lowest BCUT2D eigenvalue weighted by molar-refractivity contribution is -0.173. The third kappa shape index (κ3) is 2.55. The summed E-state index contributed by atoms with van der Waals surface area (Å²) in [5, 5.41) is 25.3. The number of nitrogens with zero attached hydrogens (tertiary/aromatic N) is 2. The number of piperidine rings is 1. The van der Waals surface area contributed by atoms with Crippen molar-refractivity contribution in [2.24, 2.45) is 5.92 Å². The maximum atomic E-state index is 13.1. The van der Waals surface area contributed by atoms with Gasteiger partial charge in [0.2, 0.25) is 0 Å². The van der Waals surface area contributed by atoms with Gasteiger partial charge in [0.1, 0.15) is 0 Å². The maximum Gasteiger partial charge on any atom is 0.166 e. The summed E-state index contributed by atoms with van der Waals surface area (Å²) in [5.41, 5.74) is 5.63. The topological polar surface area (TPSA) is 57.9 Å². The van der Waals surface area contributed by atoms with Gasteiger partial charge in [-0.15, -0.1) is 0 Å². The van der Waals surface area contributed by atoms with Crippen LogP contribution >= 0.6 is 0 Å². The lowest BCUT2D eigenvalue weighted by atomic mass is 9.49. The third-order valence-electron chi connectivity index (χ3n) is 10.5. The van der Waals surface area contributed by atoms with Gasteiger partial charge in [-0.2, -0.15) is 0 Å². The Morgan fingerprint density at radius 1 is 0.974 bits per heavy atom. The van der Waals surface area contributed by atoms with Crippen molar-refractivity contribution >= 4 is 10.9 Å². The van der Waals surface area contributed by atoms with Crippen molar-refractivity contribution in [3.8, 4) is 11.5 Å². The van der Waals surface area contributed by atoms with Crippen molar-refractivity contribution in [3.63, 3.8) is 0 Å². The van der Waals surface area contributed by atoms with Crippen LogP contribution in [-0.2, 0) is 24.8 Å². The van der Waals surface area contributed by atoms with E-state index in [1.807, 2.05) is 0 Å². The highest BCUT2D eigenvalue weighted by molar-refractivity contribution is 5.87. The van der Waals surface area contributed by atoms with E-state index >= 15 is 0 Å². The van der Waals surface area contributed by atoms with E-state index in [1.165, 1.54) is 46.1 Å². The van der Waals surface area contributed by atoms with Crippen LogP contribution in [0.4, 0.5) is 0 Å². The van der Waals surface area contributed by atoms with Gasteiger partial charge >= 0.3 is 0 Å². The summed E-state index contributed by atoms with van der Waals surface area (Å²) in [4.78, 5) is 2.60. The van der Waals surface area contributed by atoms with Gasteiger partial charge in [0.05, 0.1) is 16.7 Å². The van der Waals surface area contributed by atoms with Crippen molar-refractivity contribution in [1.29, 1.82) is 0 Å². The zero-order chi connectivity index (χ0) is 25.2. The normalized spacial score (nSPS) is 30.7. The molecule has 2 N–H and O–H groups in total. The Hall–Kier alpha value is -3.28. The maximum absolute atomic E-state index is 13.1. The first-order valence-corrected chi connectivity index (χ1v) is 14.2. The lowest BCUT2D eigenvalue weighted by Gasteiger charge is -2.63. The number of phenols is 1. The molecular formula is C33H32N2O3. The van der Waals surface area contributed by atoms with E-state index < -0.39 is 11.0 Å². The Bertz CT molecular complexity index is 1620. The SMILES string of the molecule is Oc1ccc2c3c1O[C@H]1c4c(c5ccccc5n4Cc4ccccc4)C[C@@]4(O)C(C2)N(CC2CC2)CC[C@]314. The first-order chi connectivity index (χ1) is 18.6. The van der Waals surface area contributed by atoms with Crippen molar-refractivity contribution in [2.75, 3.05) is 13.1 Å². The highest BCUT2D eigenvalue weighted by Gasteiger charge is 2.73. The molecule has 4 aromatic rings. The Kier molecular flexibility index (Phi) is 4.11. The fourth-order valence-electron chi connectivity index (χ4n) is 8.74. The fraction of sp³-hybridized carbons (Fsp3) is 0.394. The van der Waals surface area contributed by atoms with Crippen molar-refractivity contribution in [3.05, 3.63) is 94.7 Å². The summed E-state index contributed by atoms with van der Waals surface area (Å²) in [6.07, 6.45) is 4.55. The molecule has 5 aliphatic rings. The summed E-state index contributed by atoms with van der Waals surface area (Å²) in [6, 6.07) is 23.2. The molecule has 4 atom stereocenters. The van der Waals surface area contributed by atoms with Crippen LogP contribution in [0, 0.1) is 5.92 Å². The molecule has 1 saturated heterocycles. The molecular weight excluding hydrogens is 472 g/mol. The van der Waals surface area contributed by atoms with Crippen LogP contribution in [0.1, 0.15) is 53.3 Å². The second-order valence-corrected chi connectivity index (χ2v) is 12.4. The van der Waals surface area contributed by atoms with Gasteiger partial charge in [-0.25, -0.2) is 0 Å². The minimum atomic E-state index is -0.953. The smallest absolute Gasteiger partial charge is 0.166 e. The third-order valence-corrected chi connectivity index (χ3v) is 10.5. The van der Waals surface area contributed by atoms with Gasteiger partial charge in [0, 0.05) is 42.0 Å². The molecule has 3 aromatic carbocycles. The molecule has 1 aromatic heterocycles. The Balaban J connectivity index is 1.32. The van der Waals surface area contributed by atoms with E-state index in [4.69, 9.17) is 4.74 Å². The van der Waals surface area contributed by atoms with Crippen molar-refractivity contribution < 1.29 is 14.9 Å². The van der Waals surface area contributed by atoms with Crippen molar-refractivity contribution in [2.45, 2.75) is 61.8 Å². The highest BCUT2D eigenvalue weighted by atomic mass is 16.5. The number of hydrogen-bond donors (Lipinski definition) is 2. The van der Waals surface area contributed by atoms with E-state index in [-0.39, 0.29) is 17.9 Å². The Morgan fingerprint density at radius 3 is 2.63 bits per heavy atom. The van der Waals surface area contributed by atoms with E-state index in [2.05, 4.69) is 70.1 Å². The molecule has 1 spiro atoms. The summed E-state index contributed by atoms with van der Waals surface area (Å²) in [5.74, 6) is 1.57. The number of rotatable bonds is 4. The number of fused-ring (bicyclic) bond motifs is 4. The number of aromatic nitrogens is 1. The van der Waals surface area contributed by atoms with Crippen LogP contribution in [0.15, 0.2) is 66.7 Å². The minimum absolute atomic E-state index is 0.0512. The van der Waals surface area contributed by atoms with Gasteiger partial charge < -0.3 is 19.5 Å². The number of ether oxygens (including phenoxy) is 1. The quantitative estimate of drug-likeness (QED) is 0.406. The van der Waals surface area contributed by atoms with E-state index in [9.17, 15) is 10.2 Å². The van der Waals surface area contributed by atoms with Gasteiger partial charge in [0.25, 0.3) is 0 Å². The molecule has 38 heavy (non-hydrogen) atoms. The lowest BCUT2D eigenvalue weighted by Crippen LogP contribution is -2.74. The van der Waals surface area contributed by atoms with Crippen LogP contribution < -0.4 is 4.74 Å². The fourth-order valence-corrected chi connectivity index (χ4v) is 8.74. The van der Waals surface area contributed by atoms with Crippen LogP contribution in [0.25, 0.3) is 10.9 Å². The number of para-hydroxylation sites is 1. The minimum Gasteiger partial charge on any atom is -0.504 e. The van der Waals surface area contributed by atoms with Gasteiger partial charge in [-0.1, -0.05) is 54.6 Å². The first-order valence-electron chi connectivity index (χ1n) is 14.2. The van der Waals surface area contributed by atoms with Crippen LogP contribution in [-0.4, -0.2) is 44.4 Å². The average Bonchev–Trinajstić information content (AvgIpc) is 3.61. The number of aromatic hydroxyl groups is 1. The van der Waals surface area contributed by atoms with E-state index in [1.54, 1.807) is 6.07 Å². The van der Waals surface area contributed by atoms with Crippen LogP contribution in [0.2, 0.25) is 0 Å². The zero-order valence-electron chi connectivity index (χ0n) is 21.4. The molecule has 0 radical (unpaired) electrons. The molecule has 5 heteroatoms. The zero-order valence-corrected chi connectivity index (χ0v) is 21.4. The van der Waals surface area contributed by atoms with E-state index in [0.29, 0.717) is 12.2 Å². The molecule has 2 fully saturated rings. The number of hydrogen-bond acceptors (Lipinski definition) is 4. The molecule has 1 unspecified atom stereocenters. The molecule has 3 heterocycles. The Morgan fingerprint density at radius 2 is 1.79 bits per heavy atom. The number of likely N-dealkylation sites (tertiary alicyclic amines) is 1. The summed E-state index contributed by atoms with van der Waals surface area (Å²) < 4.78 is 9.32.